The van der Waals surface area contributed by atoms with Crippen LogP contribution in [0.4, 0.5) is 0 Å². The molecule has 0 fully saturated rings. The highest BCUT2D eigenvalue weighted by atomic mass is 32.2. The van der Waals surface area contributed by atoms with Crippen LogP contribution >= 0.6 is 11.8 Å². The lowest BCUT2D eigenvalue weighted by atomic mass is 9.98. The van der Waals surface area contributed by atoms with Crippen molar-refractivity contribution in [2.75, 3.05) is 6.61 Å². The van der Waals surface area contributed by atoms with Crippen molar-refractivity contribution >= 4 is 22.5 Å². The smallest absolute Gasteiger partial charge is 0.119 e. The topological polar surface area (TPSA) is 9.23 Å². The Morgan fingerprint density at radius 2 is 1.47 bits per heavy atom. The molecular weight excluding hydrogens is 408 g/mol. The maximum Gasteiger partial charge on any atom is 0.119 e. The monoisotopic (exact) mass is 440 g/mol. The molecule has 1 atom stereocenters. The maximum absolute atomic E-state index is 5.99. The molecular formula is C30H32OS. The molecule has 1 nitrogen and oxygen atoms in total. The second-order valence-electron chi connectivity index (χ2n) is 8.80. The van der Waals surface area contributed by atoms with Gasteiger partial charge in [0.15, 0.2) is 0 Å². The third kappa shape index (κ3) is 5.95. The number of benzene rings is 4. The molecule has 2 heteroatoms. The lowest BCUT2D eigenvalue weighted by molar-refractivity contribution is 0.300. The van der Waals surface area contributed by atoms with Gasteiger partial charge in [-0.15, -0.1) is 11.8 Å². The van der Waals surface area contributed by atoms with Gasteiger partial charge in [0.05, 0.1) is 6.61 Å². The molecule has 0 aliphatic heterocycles. The van der Waals surface area contributed by atoms with Crippen LogP contribution in [0.3, 0.4) is 0 Å². The Morgan fingerprint density at radius 3 is 2.22 bits per heavy atom. The first kappa shape index (κ1) is 22.5. The molecule has 1 unspecified atom stereocenters. The van der Waals surface area contributed by atoms with E-state index < -0.39 is 0 Å². The molecule has 0 amide bonds. The fourth-order valence-electron chi connectivity index (χ4n) is 3.86. The summed E-state index contributed by atoms with van der Waals surface area (Å²) in [4.78, 5) is 1.27. The van der Waals surface area contributed by atoms with E-state index >= 15 is 0 Å². The molecule has 0 saturated carbocycles. The third-order valence-corrected chi connectivity index (χ3v) is 7.10. The van der Waals surface area contributed by atoms with Gasteiger partial charge in [-0.25, -0.2) is 0 Å². The van der Waals surface area contributed by atoms with Crippen molar-refractivity contribution in [3.8, 4) is 5.75 Å². The molecule has 0 aliphatic carbocycles. The minimum atomic E-state index is 0.504. The van der Waals surface area contributed by atoms with Gasteiger partial charge in [0.2, 0.25) is 0 Å². The standard InChI is InChI=1S/C30H32OS/c1-22(2)27-12-11-26-10-9-24(19-28(26)20-27)21-32-30-15-13-29(14-16-30)31-18-17-23(3)25-7-5-4-6-8-25/h4-16,19-20,22-23H,17-18,21H2,1-3H3. The maximum atomic E-state index is 5.99. The van der Waals surface area contributed by atoms with Crippen LogP contribution in [0, 0.1) is 0 Å². The number of rotatable bonds is 9. The van der Waals surface area contributed by atoms with Gasteiger partial charge in [-0.3, -0.25) is 0 Å². The van der Waals surface area contributed by atoms with Crippen LogP contribution in [0.15, 0.2) is 95.9 Å². The van der Waals surface area contributed by atoms with Gasteiger partial charge >= 0.3 is 0 Å². The zero-order valence-electron chi connectivity index (χ0n) is 19.3. The van der Waals surface area contributed by atoms with Crippen molar-refractivity contribution in [2.45, 2.75) is 49.7 Å². The van der Waals surface area contributed by atoms with Gasteiger partial charge in [-0.05, 0) is 70.0 Å². The number of ether oxygens (including phenoxy) is 1. The van der Waals surface area contributed by atoms with E-state index in [1.165, 1.54) is 32.4 Å². The van der Waals surface area contributed by atoms with Gasteiger partial charge in [0, 0.05) is 10.6 Å². The molecule has 0 aromatic heterocycles. The van der Waals surface area contributed by atoms with E-state index in [2.05, 4.69) is 112 Å². The fraction of sp³-hybridized carbons (Fsp3) is 0.267. The van der Waals surface area contributed by atoms with E-state index in [0.717, 1.165) is 24.5 Å². The molecule has 164 valence electrons. The van der Waals surface area contributed by atoms with E-state index in [-0.39, 0.29) is 0 Å². The van der Waals surface area contributed by atoms with Crippen LogP contribution in [-0.2, 0) is 5.75 Å². The van der Waals surface area contributed by atoms with E-state index in [1.807, 2.05) is 11.8 Å². The van der Waals surface area contributed by atoms with Crippen LogP contribution < -0.4 is 4.74 Å². The second-order valence-corrected chi connectivity index (χ2v) is 9.85. The van der Waals surface area contributed by atoms with Crippen molar-refractivity contribution in [3.05, 3.63) is 108 Å². The van der Waals surface area contributed by atoms with Crippen molar-refractivity contribution in [3.63, 3.8) is 0 Å². The Hall–Kier alpha value is -2.71. The molecule has 0 radical (unpaired) electrons. The lowest BCUT2D eigenvalue weighted by Gasteiger charge is -2.13. The van der Waals surface area contributed by atoms with E-state index in [0.29, 0.717) is 11.8 Å². The van der Waals surface area contributed by atoms with Crippen molar-refractivity contribution in [1.82, 2.24) is 0 Å². The number of fused-ring (bicyclic) bond motifs is 1. The summed E-state index contributed by atoms with van der Waals surface area (Å²) in [7, 11) is 0. The first-order valence-corrected chi connectivity index (χ1v) is 12.5. The summed E-state index contributed by atoms with van der Waals surface area (Å²) >= 11 is 1.87. The average molecular weight is 441 g/mol. The van der Waals surface area contributed by atoms with Crippen LogP contribution in [0.5, 0.6) is 5.75 Å². The zero-order chi connectivity index (χ0) is 22.3. The highest BCUT2D eigenvalue weighted by Gasteiger charge is 2.06. The van der Waals surface area contributed by atoms with Gasteiger partial charge < -0.3 is 4.74 Å². The van der Waals surface area contributed by atoms with Crippen LogP contribution in [0.2, 0.25) is 0 Å². The molecule has 4 rings (SSSR count). The van der Waals surface area contributed by atoms with Crippen molar-refractivity contribution in [1.29, 1.82) is 0 Å². The van der Waals surface area contributed by atoms with Gasteiger partial charge in [0.25, 0.3) is 0 Å². The van der Waals surface area contributed by atoms with E-state index in [1.54, 1.807) is 0 Å². The summed E-state index contributed by atoms with van der Waals surface area (Å²) < 4.78 is 5.99. The van der Waals surface area contributed by atoms with Gasteiger partial charge in [-0.2, -0.15) is 0 Å². The lowest BCUT2D eigenvalue weighted by Crippen LogP contribution is -2.03. The Bertz CT molecular complexity index is 1130. The minimum absolute atomic E-state index is 0.504. The fourth-order valence-corrected chi connectivity index (χ4v) is 4.71. The van der Waals surface area contributed by atoms with Gasteiger partial charge in [-0.1, -0.05) is 87.5 Å². The summed E-state index contributed by atoms with van der Waals surface area (Å²) in [6.07, 6.45) is 1.01. The first-order valence-electron chi connectivity index (χ1n) is 11.5. The predicted octanol–water partition coefficient (Wildman–Crippen LogP) is 8.83. The second kappa shape index (κ2) is 10.7. The van der Waals surface area contributed by atoms with Crippen molar-refractivity contribution < 1.29 is 4.74 Å². The summed E-state index contributed by atoms with van der Waals surface area (Å²) in [5.41, 5.74) is 4.13. The van der Waals surface area contributed by atoms with Crippen LogP contribution in [0.25, 0.3) is 10.8 Å². The molecule has 0 saturated heterocycles. The minimum Gasteiger partial charge on any atom is -0.494 e. The molecule has 0 spiro atoms. The van der Waals surface area contributed by atoms with E-state index in [4.69, 9.17) is 4.74 Å². The Kier molecular flexibility index (Phi) is 7.55. The molecule has 0 aliphatic rings. The number of hydrogen-bond donors (Lipinski definition) is 0. The molecule has 0 bridgehead atoms. The summed E-state index contributed by atoms with van der Waals surface area (Å²) in [5, 5.41) is 2.65. The SMILES string of the molecule is CC(C)c1ccc2ccc(CSc3ccc(OCCC(C)c4ccccc4)cc3)cc2c1. The molecule has 4 aromatic rings. The average Bonchev–Trinajstić information content (AvgIpc) is 2.83. The molecule has 32 heavy (non-hydrogen) atoms. The Morgan fingerprint density at radius 1 is 0.719 bits per heavy atom. The summed E-state index contributed by atoms with van der Waals surface area (Å²) in [5.74, 6) is 2.97. The molecule has 4 aromatic carbocycles. The Balaban J connectivity index is 1.29. The van der Waals surface area contributed by atoms with Gasteiger partial charge in [0.1, 0.15) is 5.75 Å². The zero-order valence-corrected chi connectivity index (χ0v) is 20.1. The highest BCUT2D eigenvalue weighted by molar-refractivity contribution is 7.98. The Labute approximate surface area is 196 Å². The number of thioether (sulfide) groups is 1. The predicted molar refractivity (Wildman–Crippen MR) is 139 cm³/mol. The summed E-state index contributed by atoms with van der Waals surface area (Å²) in [6.45, 7) is 7.49. The third-order valence-electron chi connectivity index (χ3n) is 6.01. The quantitative estimate of drug-likeness (QED) is 0.240. The highest BCUT2D eigenvalue weighted by Crippen LogP contribution is 2.28. The van der Waals surface area contributed by atoms with Crippen LogP contribution in [0.1, 0.15) is 55.7 Å². The van der Waals surface area contributed by atoms with Crippen molar-refractivity contribution in [2.24, 2.45) is 0 Å². The van der Waals surface area contributed by atoms with E-state index in [9.17, 15) is 0 Å². The van der Waals surface area contributed by atoms with Crippen LogP contribution in [-0.4, -0.2) is 6.61 Å². The first-order chi connectivity index (χ1) is 15.6. The molecule has 0 heterocycles. The largest absolute Gasteiger partial charge is 0.494 e. The molecule has 0 N–H and O–H groups in total. The number of hydrogen-bond acceptors (Lipinski definition) is 2. The summed E-state index contributed by atoms with van der Waals surface area (Å²) in [6, 6.07) is 32.8. The normalized spacial score (nSPS) is 12.2.